The fourth-order valence-corrected chi connectivity index (χ4v) is 1.24. The van der Waals surface area contributed by atoms with E-state index in [1.807, 2.05) is 0 Å². The summed E-state index contributed by atoms with van der Waals surface area (Å²) in [6, 6.07) is 1.27. The largest absolute Gasteiger partial charge is 0.388 e. The van der Waals surface area contributed by atoms with Crippen LogP contribution >= 0.6 is 0 Å². The maximum atomic E-state index is 13.3. The molecule has 0 saturated carbocycles. The van der Waals surface area contributed by atoms with Gasteiger partial charge in [0.15, 0.2) is 11.6 Å². The normalized spacial score (nSPS) is 14.1. The van der Waals surface area contributed by atoms with E-state index in [1.165, 1.54) is 0 Å². The van der Waals surface area contributed by atoms with E-state index in [2.05, 4.69) is 0 Å². The van der Waals surface area contributed by atoms with Gasteiger partial charge in [0.1, 0.15) is 5.82 Å². The van der Waals surface area contributed by atoms with Gasteiger partial charge >= 0.3 is 0 Å². The molecule has 0 fully saturated rings. The summed E-state index contributed by atoms with van der Waals surface area (Å²) in [4.78, 5) is 0. The van der Waals surface area contributed by atoms with Crippen LogP contribution in [0.15, 0.2) is 12.1 Å². The molecular weight excluding hydrogens is 205 g/mol. The molecule has 0 saturated heterocycles. The van der Waals surface area contributed by atoms with Crippen molar-refractivity contribution in [2.24, 2.45) is 5.41 Å². The smallest absolute Gasteiger partial charge is 0.164 e. The summed E-state index contributed by atoms with van der Waals surface area (Å²) < 4.78 is 39.0. The third-order valence-corrected chi connectivity index (χ3v) is 2.14. The summed E-state index contributed by atoms with van der Waals surface area (Å²) in [5.74, 6) is -3.38. The zero-order valence-electron chi connectivity index (χ0n) is 8.81. The lowest BCUT2D eigenvalue weighted by molar-refractivity contribution is 0.0585. The van der Waals surface area contributed by atoms with Gasteiger partial charge in [0.25, 0.3) is 0 Å². The van der Waals surface area contributed by atoms with Gasteiger partial charge in [0, 0.05) is 11.6 Å². The molecule has 15 heavy (non-hydrogen) atoms. The van der Waals surface area contributed by atoms with Crippen molar-refractivity contribution in [2.45, 2.75) is 26.9 Å². The molecule has 0 radical (unpaired) electrons. The fraction of sp³-hybridized carbons (Fsp3) is 0.455. The van der Waals surface area contributed by atoms with Gasteiger partial charge in [-0.1, -0.05) is 20.8 Å². The van der Waals surface area contributed by atoms with Gasteiger partial charge in [-0.3, -0.25) is 0 Å². The van der Waals surface area contributed by atoms with E-state index in [9.17, 15) is 18.3 Å². The summed E-state index contributed by atoms with van der Waals surface area (Å²) >= 11 is 0. The zero-order valence-corrected chi connectivity index (χ0v) is 8.81. The Hall–Kier alpha value is -1.03. The molecule has 1 rings (SSSR count). The minimum Gasteiger partial charge on any atom is -0.388 e. The van der Waals surface area contributed by atoms with Crippen LogP contribution in [0.3, 0.4) is 0 Å². The molecule has 1 N–H and O–H groups in total. The van der Waals surface area contributed by atoms with Gasteiger partial charge in [0.2, 0.25) is 0 Å². The molecule has 1 unspecified atom stereocenters. The molecule has 1 nitrogen and oxygen atoms in total. The lowest BCUT2D eigenvalue weighted by Gasteiger charge is -2.26. The first-order valence-corrected chi connectivity index (χ1v) is 4.56. The Balaban J connectivity index is 3.25. The monoisotopic (exact) mass is 218 g/mol. The molecule has 0 aliphatic carbocycles. The minimum absolute atomic E-state index is 0.347. The molecule has 0 heterocycles. The van der Waals surface area contributed by atoms with Gasteiger partial charge in [-0.2, -0.15) is 0 Å². The highest BCUT2D eigenvalue weighted by molar-refractivity contribution is 5.23. The van der Waals surface area contributed by atoms with E-state index >= 15 is 0 Å². The molecule has 0 amide bonds. The van der Waals surface area contributed by atoms with Crippen LogP contribution in [-0.4, -0.2) is 5.11 Å². The van der Waals surface area contributed by atoms with E-state index in [0.29, 0.717) is 6.07 Å². The highest BCUT2D eigenvalue weighted by Gasteiger charge is 2.28. The third kappa shape index (κ3) is 2.50. The van der Waals surface area contributed by atoms with Crippen molar-refractivity contribution in [2.75, 3.05) is 0 Å². The Morgan fingerprint density at radius 2 is 1.67 bits per heavy atom. The summed E-state index contributed by atoms with van der Waals surface area (Å²) in [7, 11) is 0. The average molecular weight is 218 g/mol. The highest BCUT2D eigenvalue weighted by atomic mass is 19.2. The topological polar surface area (TPSA) is 20.2 Å². The van der Waals surface area contributed by atoms with Crippen molar-refractivity contribution in [3.63, 3.8) is 0 Å². The van der Waals surface area contributed by atoms with Gasteiger partial charge in [-0.15, -0.1) is 0 Å². The van der Waals surface area contributed by atoms with Gasteiger partial charge in [-0.25, -0.2) is 13.2 Å². The van der Waals surface area contributed by atoms with Gasteiger partial charge in [-0.05, 0) is 11.5 Å². The summed E-state index contributed by atoms with van der Waals surface area (Å²) in [6.07, 6.45) is -1.25. The standard InChI is InChI=1S/C11H13F3O/c1-11(2,3)10(15)7-4-6(12)5-8(13)9(7)14/h4-5,10,15H,1-3H3. The minimum atomic E-state index is -1.28. The second kappa shape index (κ2) is 3.85. The Morgan fingerprint density at radius 1 is 1.13 bits per heavy atom. The predicted molar refractivity (Wildman–Crippen MR) is 50.7 cm³/mol. The molecule has 84 valence electrons. The number of rotatable bonds is 1. The van der Waals surface area contributed by atoms with Crippen molar-refractivity contribution in [3.05, 3.63) is 35.1 Å². The second-order valence-corrected chi connectivity index (χ2v) is 4.56. The summed E-state index contributed by atoms with van der Waals surface area (Å²) in [5.41, 5.74) is -1.03. The van der Waals surface area contributed by atoms with E-state index in [0.717, 1.165) is 6.07 Å². The van der Waals surface area contributed by atoms with Gasteiger partial charge < -0.3 is 5.11 Å². The third-order valence-electron chi connectivity index (χ3n) is 2.14. The number of aliphatic hydroxyl groups excluding tert-OH is 1. The first-order chi connectivity index (χ1) is 6.73. The molecule has 4 heteroatoms. The maximum Gasteiger partial charge on any atom is 0.164 e. The summed E-state index contributed by atoms with van der Waals surface area (Å²) in [5, 5.41) is 9.71. The number of aliphatic hydroxyl groups is 1. The Kier molecular flexibility index (Phi) is 3.09. The quantitative estimate of drug-likeness (QED) is 0.718. The van der Waals surface area contributed by atoms with Crippen LogP contribution in [0.2, 0.25) is 0 Å². The van der Waals surface area contributed by atoms with Crippen molar-refractivity contribution in [1.82, 2.24) is 0 Å². The molecule has 0 bridgehead atoms. The molecule has 1 aromatic rings. The SMILES string of the molecule is CC(C)(C)C(O)c1cc(F)cc(F)c1F. The van der Waals surface area contributed by atoms with Crippen LogP contribution in [0.25, 0.3) is 0 Å². The van der Waals surface area contributed by atoms with Crippen LogP contribution in [0.4, 0.5) is 13.2 Å². The first-order valence-electron chi connectivity index (χ1n) is 4.56. The molecule has 1 atom stereocenters. The van der Waals surface area contributed by atoms with Crippen molar-refractivity contribution >= 4 is 0 Å². The van der Waals surface area contributed by atoms with Crippen molar-refractivity contribution in [1.29, 1.82) is 0 Å². The lowest BCUT2D eigenvalue weighted by atomic mass is 9.84. The van der Waals surface area contributed by atoms with E-state index < -0.39 is 29.0 Å². The maximum absolute atomic E-state index is 13.3. The Morgan fingerprint density at radius 3 is 2.13 bits per heavy atom. The van der Waals surface area contributed by atoms with Crippen LogP contribution < -0.4 is 0 Å². The Bertz CT molecular complexity index is 369. The number of halogens is 3. The fourth-order valence-electron chi connectivity index (χ4n) is 1.24. The number of hydrogen-bond acceptors (Lipinski definition) is 1. The van der Waals surface area contributed by atoms with E-state index in [-0.39, 0.29) is 5.56 Å². The van der Waals surface area contributed by atoms with Crippen LogP contribution in [0.1, 0.15) is 32.4 Å². The van der Waals surface area contributed by atoms with E-state index in [1.54, 1.807) is 20.8 Å². The Labute approximate surface area is 86.5 Å². The summed E-state index contributed by atoms with van der Waals surface area (Å²) in [6.45, 7) is 4.96. The first kappa shape index (κ1) is 12.0. The molecule has 0 spiro atoms. The number of benzene rings is 1. The van der Waals surface area contributed by atoms with Crippen molar-refractivity contribution < 1.29 is 18.3 Å². The number of hydrogen-bond donors (Lipinski definition) is 1. The second-order valence-electron chi connectivity index (χ2n) is 4.56. The predicted octanol–water partition coefficient (Wildman–Crippen LogP) is 3.18. The molecule has 0 aromatic heterocycles. The molecule has 1 aromatic carbocycles. The average Bonchev–Trinajstić information content (AvgIpc) is 2.08. The highest BCUT2D eigenvalue weighted by Crippen LogP contribution is 2.34. The van der Waals surface area contributed by atoms with Crippen LogP contribution in [0, 0.1) is 22.9 Å². The van der Waals surface area contributed by atoms with Crippen molar-refractivity contribution in [3.8, 4) is 0 Å². The van der Waals surface area contributed by atoms with Crippen LogP contribution in [0.5, 0.6) is 0 Å². The lowest BCUT2D eigenvalue weighted by Crippen LogP contribution is -2.19. The van der Waals surface area contributed by atoms with E-state index in [4.69, 9.17) is 0 Å². The van der Waals surface area contributed by atoms with Gasteiger partial charge in [0.05, 0.1) is 6.10 Å². The zero-order chi connectivity index (χ0) is 11.8. The van der Waals surface area contributed by atoms with Crippen LogP contribution in [-0.2, 0) is 0 Å². The molecule has 0 aliphatic rings. The molecular formula is C11H13F3O. The molecule has 0 aliphatic heterocycles.